The van der Waals surface area contributed by atoms with E-state index in [1.54, 1.807) is 48.5 Å². The Morgan fingerprint density at radius 2 is 2.04 bits per heavy atom. The van der Waals surface area contributed by atoms with E-state index >= 15 is 0 Å². The summed E-state index contributed by atoms with van der Waals surface area (Å²) in [6.07, 6.45) is 1.06. The summed E-state index contributed by atoms with van der Waals surface area (Å²) in [6.45, 7) is 0. The van der Waals surface area contributed by atoms with E-state index in [4.69, 9.17) is 0 Å². The summed E-state index contributed by atoms with van der Waals surface area (Å²) in [5.74, 6) is -0.956. The second-order valence-corrected chi connectivity index (χ2v) is 5.76. The van der Waals surface area contributed by atoms with Crippen molar-refractivity contribution in [3.05, 3.63) is 66.0 Å². The van der Waals surface area contributed by atoms with Gasteiger partial charge >= 0.3 is 0 Å². The first-order valence-electron chi connectivity index (χ1n) is 7.58. The number of para-hydroxylation sites is 1. The number of nitrogens with zero attached hydrogens (tertiary/aromatic N) is 4. The van der Waals surface area contributed by atoms with Gasteiger partial charge in [0.25, 0.3) is 5.91 Å². The molecular weight excluding hydrogens is 322 g/mol. The highest BCUT2D eigenvalue weighted by atomic mass is 16.3. The molecule has 1 atom stereocenters. The average Bonchev–Trinajstić information content (AvgIpc) is 3.24. The number of fused-ring (bicyclic) bond motifs is 1. The number of carbonyl (C=O) groups is 2. The number of amides is 1. The smallest absolute Gasteiger partial charge is 0.261 e. The molecule has 2 heterocycles. The predicted octanol–water partition coefficient (Wildman–Crippen LogP) is 1.07. The minimum Gasteiger partial charge on any atom is -0.375 e. The second-order valence-electron chi connectivity index (χ2n) is 5.76. The third-order valence-electron chi connectivity index (χ3n) is 4.19. The molecule has 8 nitrogen and oxygen atoms in total. The van der Waals surface area contributed by atoms with Crippen molar-refractivity contribution in [3.8, 4) is 5.69 Å². The largest absolute Gasteiger partial charge is 0.375 e. The minimum absolute atomic E-state index is 0.352. The van der Waals surface area contributed by atoms with E-state index in [0.717, 1.165) is 0 Å². The zero-order chi connectivity index (χ0) is 17.4. The third-order valence-corrected chi connectivity index (χ3v) is 4.19. The van der Waals surface area contributed by atoms with Crippen molar-refractivity contribution in [1.82, 2.24) is 20.2 Å². The van der Waals surface area contributed by atoms with Gasteiger partial charge in [0.15, 0.2) is 11.4 Å². The molecule has 1 aromatic heterocycles. The van der Waals surface area contributed by atoms with Crippen molar-refractivity contribution >= 4 is 17.4 Å². The minimum atomic E-state index is -1.88. The lowest BCUT2D eigenvalue weighted by molar-refractivity contribution is -0.133. The first-order chi connectivity index (χ1) is 12.1. The summed E-state index contributed by atoms with van der Waals surface area (Å²) < 4.78 is 1.42. The number of nitrogens with one attached hydrogen (secondary N) is 1. The van der Waals surface area contributed by atoms with Gasteiger partial charge in [-0.3, -0.25) is 9.59 Å². The van der Waals surface area contributed by atoms with Crippen LogP contribution in [0.25, 0.3) is 5.69 Å². The highest BCUT2D eigenvalue weighted by Crippen LogP contribution is 2.38. The number of hydrogen-bond acceptors (Lipinski definition) is 6. The molecule has 2 aromatic carbocycles. The molecule has 0 saturated carbocycles. The van der Waals surface area contributed by atoms with Crippen LogP contribution in [0.1, 0.15) is 22.3 Å². The molecule has 0 aliphatic carbocycles. The van der Waals surface area contributed by atoms with Crippen molar-refractivity contribution in [1.29, 1.82) is 0 Å². The topological polar surface area (TPSA) is 110 Å². The maximum atomic E-state index is 12.7. The lowest BCUT2D eigenvalue weighted by atomic mass is 9.88. The van der Waals surface area contributed by atoms with E-state index in [2.05, 4.69) is 20.8 Å². The van der Waals surface area contributed by atoms with Gasteiger partial charge in [0.1, 0.15) is 6.33 Å². The van der Waals surface area contributed by atoms with Crippen molar-refractivity contribution < 1.29 is 14.7 Å². The molecule has 3 aromatic rings. The van der Waals surface area contributed by atoms with Crippen LogP contribution in [-0.4, -0.2) is 37.0 Å². The molecule has 0 spiro atoms. The van der Waals surface area contributed by atoms with Crippen LogP contribution in [0.2, 0.25) is 0 Å². The van der Waals surface area contributed by atoms with E-state index in [1.165, 1.54) is 11.0 Å². The molecule has 0 radical (unpaired) electrons. The highest BCUT2D eigenvalue weighted by Gasteiger charge is 2.46. The molecule has 124 valence electrons. The van der Waals surface area contributed by atoms with E-state index in [-0.39, 0.29) is 12.2 Å². The van der Waals surface area contributed by atoms with Crippen LogP contribution >= 0.6 is 0 Å². The monoisotopic (exact) mass is 335 g/mol. The average molecular weight is 335 g/mol. The zero-order valence-electron chi connectivity index (χ0n) is 13.0. The summed E-state index contributed by atoms with van der Waals surface area (Å²) in [7, 11) is 0. The van der Waals surface area contributed by atoms with Gasteiger partial charge in [0.05, 0.1) is 12.1 Å². The molecule has 25 heavy (non-hydrogen) atoms. The maximum Gasteiger partial charge on any atom is 0.261 e. The number of ketones is 1. The molecular formula is C17H13N5O3. The predicted molar refractivity (Wildman–Crippen MR) is 87.1 cm³/mol. The maximum absolute atomic E-state index is 12.7. The summed E-state index contributed by atoms with van der Waals surface area (Å²) in [6, 6.07) is 13.5. The van der Waals surface area contributed by atoms with Crippen molar-refractivity contribution in [2.75, 3.05) is 5.32 Å². The number of hydrogen-bond donors (Lipinski definition) is 2. The molecule has 0 fully saturated rings. The Hall–Kier alpha value is -3.39. The molecule has 1 amide bonds. The standard InChI is InChI=1S/C17H13N5O3/c23-15(11-4-3-5-12(8-11)22-10-18-20-21-22)9-17(25)13-6-1-2-7-14(13)19-16(17)24/h1-8,10,25H,9H2,(H,19,24). The molecule has 2 N–H and O–H groups in total. The molecule has 1 unspecified atom stereocenters. The summed E-state index contributed by atoms with van der Waals surface area (Å²) in [5.41, 5.74) is 0.0197. The van der Waals surface area contributed by atoms with Crippen LogP contribution in [0.5, 0.6) is 0 Å². The lowest BCUT2D eigenvalue weighted by Gasteiger charge is -2.20. The number of aromatic nitrogens is 4. The number of anilines is 1. The number of Topliss-reactive ketones (excluding diaryl/α,β-unsaturated/α-hetero) is 1. The fraction of sp³-hybridized carbons (Fsp3) is 0.118. The fourth-order valence-corrected chi connectivity index (χ4v) is 2.91. The Morgan fingerprint density at radius 3 is 2.84 bits per heavy atom. The van der Waals surface area contributed by atoms with Crippen LogP contribution in [0.4, 0.5) is 5.69 Å². The summed E-state index contributed by atoms with van der Waals surface area (Å²) in [5, 5.41) is 24.3. The SMILES string of the molecule is O=C(CC1(O)C(=O)Nc2ccccc21)c1cccc(-n2cnnn2)c1. The van der Waals surface area contributed by atoms with Gasteiger partial charge in [-0.05, 0) is 28.6 Å². The number of carbonyl (C=O) groups excluding carboxylic acids is 2. The van der Waals surface area contributed by atoms with Crippen LogP contribution in [0.3, 0.4) is 0 Å². The van der Waals surface area contributed by atoms with Gasteiger partial charge in [-0.1, -0.05) is 30.3 Å². The Kier molecular flexibility index (Phi) is 3.40. The number of aliphatic hydroxyl groups is 1. The number of tetrazole rings is 1. The van der Waals surface area contributed by atoms with E-state index in [0.29, 0.717) is 22.5 Å². The molecule has 0 bridgehead atoms. The Balaban J connectivity index is 1.65. The fourth-order valence-electron chi connectivity index (χ4n) is 2.91. The number of benzene rings is 2. The quantitative estimate of drug-likeness (QED) is 0.690. The first-order valence-corrected chi connectivity index (χ1v) is 7.58. The highest BCUT2D eigenvalue weighted by molar-refractivity contribution is 6.09. The van der Waals surface area contributed by atoms with Gasteiger partial charge in [-0.15, -0.1) is 5.10 Å². The Morgan fingerprint density at radius 1 is 1.20 bits per heavy atom. The summed E-state index contributed by atoms with van der Waals surface area (Å²) in [4.78, 5) is 24.9. The van der Waals surface area contributed by atoms with Gasteiger partial charge in [0, 0.05) is 16.8 Å². The zero-order valence-corrected chi connectivity index (χ0v) is 13.0. The van der Waals surface area contributed by atoms with Crippen LogP contribution in [-0.2, 0) is 10.4 Å². The van der Waals surface area contributed by atoms with Crippen LogP contribution in [0.15, 0.2) is 54.9 Å². The van der Waals surface area contributed by atoms with E-state index < -0.39 is 11.5 Å². The molecule has 0 saturated heterocycles. The van der Waals surface area contributed by atoms with Gasteiger partial charge in [-0.2, -0.15) is 0 Å². The number of rotatable bonds is 4. The van der Waals surface area contributed by atoms with Crippen LogP contribution < -0.4 is 5.32 Å². The second kappa shape index (κ2) is 5.60. The summed E-state index contributed by atoms with van der Waals surface area (Å²) >= 11 is 0. The van der Waals surface area contributed by atoms with E-state index in [9.17, 15) is 14.7 Å². The molecule has 4 rings (SSSR count). The van der Waals surface area contributed by atoms with Crippen molar-refractivity contribution in [2.45, 2.75) is 12.0 Å². The molecule has 1 aliphatic heterocycles. The molecule has 1 aliphatic rings. The van der Waals surface area contributed by atoms with Crippen molar-refractivity contribution in [2.24, 2.45) is 0 Å². The van der Waals surface area contributed by atoms with Crippen molar-refractivity contribution in [3.63, 3.8) is 0 Å². The van der Waals surface area contributed by atoms with Gasteiger partial charge in [-0.25, -0.2) is 4.68 Å². The van der Waals surface area contributed by atoms with Gasteiger partial charge in [0.2, 0.25) is 0 Å². The first kappa shape index (κ1) is 15.2. The van der Waals surface area contributed by atoms with Gasteiger partial charge < -0.3 is 10.4 Å². The Bertz CT molecular complexity index is 970. The van der Waals surface area contributed by atoms with E-state index in [1.807, 2.05) is 0 Å². The molecule has 8 heteroatoms. The normalized spacial score (nSPS) is 18.7. The Labute approximate surface area is 142 Å². The van der Waals surface area contributed by atoms with Crippen LogP contribution in [0, 0.1) is 0 Å². The lowest BCUT2D eigenvalue weighted by Crippen LogP contribution is -2.36. The third kappa shape index (κ3) is 2.48.